The van der Waals surface area contributed by atoms with Crippen molar-refractivity contribution in [2.24, 2.45) is 0 Å². The van der Waals surface area contributed by atoms with Crippen molar-refractivity contribution in [3.63, 3.8) is 0 Å². The second-order valence-corrected chi connectivity index (χ2v) is 7.49. The highest BCUT2D eigenvalue weighted by Gasteiger charge is 2.23. The van der Waals surface area contributed by atoms with E-state index in [0.29, 0.717) is 6.42 Å². The van der Waals surface area contributed by atoms with Gasteiger partial charge in [-0.1, -0.05) is 64.4 Å². The maximum absolute atomic E-state index is 12.2. The molecule has 0 aliphatic rings. The van der Waals surface area contributed by atoms with Crippen molar-refractivity contribution in [2.75, 3.05) is 0 Å². The van der Waals surface area contributed by atoms with E-state index in [1.54, 1.807) is 0 Å². The van der Waals surface area contributed by atoms with Crippen LogP contribution in [0.3, 0.4) is 0 Å². The van der Waals surface area contributed by atoms with E-state index >= 15 is 0 Å². The lowest BCUT2D eigenvalue weighted by Gasteiger charge is -2.08. The Kier molecular flexibility index (Phi) is 9.00. The van der Waals surface area contributed by atoms with Gasteiger partial charge in [0.1, 0.15) is 10.6 Å². The molecule has 0 unspecified atom stereocenters. The SMILES string of the molecule is CCCCCCCCCCCC(=O)c1cccc(O)c1S(=O)(=O)O. The van der Waals surface area contributed by atoms with E-state index < -0.39 is 20.8 Å². The summed E-state index contributed by atoms with van der Waals surface area (Å²) in [6.45, 7) is 2.19. The molecular formula is C18H28O5S. The number of benzene rings is 1. The summed E-state index contributed by atoms with van der Waals surface area (Å²) < 4.78 is 31.9. The lowest BCUT2D eigenvalue weighted by Crippen LogP contribution is -2.09. The molecule has 0 spiro atoms. The van der Waals surface area contributed by atoms with Crippen molar-refractivity contribution in [3.8, 4) is 5.75 Å². The first kappa shape index (κ1) is 20.6. The number of phenolic OH excluding ortho intramolecular Hbond substituents is 1. The quantitative estimate of drug-likeness (QED) is 0.320. The maximum Gasteiger partial charge on any atom is 0.298 e. The van der Waals surface area contributed by atoms with Crippen LogP contribution in [0.1, 0.15) is 81.5 Å². The number of Topliss-reactive ketones (excluding diaryl/α,β-unsaturated/α-hetero) is 1. The average molecular weight is 356 g/mol. The summed E-state index contributed by atoms with van der Waals surface area (Å²) in [4.78, 5) is 11.5. The Bertz CT molecular complexity index is 622. The molecule has 0 amide bonds. The molecule has 0 atom stereocenters. The Morgan fingerprint density at radius 2 is 1.50 bits per heavy atom. The van der Waals surface area contributed by atoms with E-state index in [1.807, 2.05) is 0 Å². The predicted molar refractivity (Wildman–Crippen MR) is 94.1 cm³/mol. The summed E-state index contributed by atoms with van der Waals surface area (Å²) >= 11 is 0. The number of hydrogen-bond donors (Lipinski definition) is 2. The zero-order valence-corrected chi connectivity index (χ0v) is 15.1. The molecule has 0 radical (unpaired) electrons. The van der Waals surface area contributed by atoms with Gasteiger partial charge in [-0.15, -0.1) is 0 Å². The summed E-state index contributed by atoms with van der Waals surface area (Å²) in [7, 11) is -4.63. The van der Waals surface area contributed by atoms with E-state index in [9.17, 15) is 22.9 Å². The maximum atomic E-state index is 12.2. The normalized spacial score (nSPS) is 11.6. The number of aromatic hydroxyl groups is 1. The average Bonchev–Trinajstić information content (AvgIpc) is 2.51. The van der Waals surface area contributed by atoms with Crippen LogP contribution in [-0.4, -0.2) is 23.9 Å². The zero-order valence-electron chi connectivity index (χ0n) is 14.3. The lowest BCUT2D eigenvalue weighted by atomic mass is 10.0. The van der Waals surface area contributed by atoms with E-state index in [0.717, 1.165) is 25.3 Å². The van der Waals surface area contributed by atoms with Gasteiger partial charge in [0.15, 0.2) is 5.78 Å². The van der Waals surface area contributed by atoms with Crippen molar-refractivity contribution in [3.05, 3.63) is 23.8 Å². The van der Waals surface area contributed by atoms with E-state index in [4.69, 9.17) is 0 Å². The molecule has 0 bridgehead atoms. The molecule has 6 heteroatoms. The van der Waals surface area contributed by atoms with Gasteiger partial charge in [0, 0.05) is 12.0 Å². The first-order valence-corrected chi connectivity index (χ1v) is 10.1. The number of carbonyl (C=O) groups is 1. The number of phenols is 1. The largest absolute Gasteiger partial charge is 0.506 e. The van der Waals surface area contributed by atoms with Crippen LogP contribution in [0, 0.1) is 0 Å². The van der Waals surface area contributed by atoms with Gasteiger partial charge in [-0.3, -0.25) is 9.35 Å². The summed E-state index contributed by atoms with van der Waals surface area (Å²) in [5, 5.41) is 9.61. The third-order valence-electron chi connectivity index (χ3n) is 4.06. The van der Waals surface area contributed by atoms with Gasteiger partial charge in [0.2, 0.25) is 0 Å². The van der Waals surface area contributed by atoms with E-state index in [2.05, 4.69) is 6.92 Å². The number of carbonyl (C=O) groups excluding carboxylic acids is 1. The van der Waals surface area contributed by atoms with Crippen molar-refractivity contribution >= 4 is 15.9 Å². The molecule has 0 saturated carbocycles. The van der Waals surface area contributed by atoms with Crippen LogP contribution in [0.15, 0.2) is 23.1 Å². The van der Waals surface area contributed by atoms with Gasteiger partial charge in [-0.05, 0) is 18.6 Å². The molecule has 0 fully saturated rings. The van der Waals surface area contributed by atoms with Crippen LogP contribution in [0.2, 0.25) is 0 Å². The van der Waals surface area contributed by atoms with Crippen LogP contribution < -0.4 is 0 Å². The standard InChI is InChI=1S/C18H28O5S/c1-2-3-4-5-6-7-8-9-10-13-16(19)15-12-11-14-17(20)18(15)24(21,22)23/h11-12,14,20H,2-10,13H2,1H3,(H,21,22,23). The molecule has 5 nitrogen and oxygen atoms in total. The lowest BCUT2D eigenvalue weighted by molar-refractivity contribution is 0.0975. The van der Waals surface area contributed by atoms with Gasteiger partial charge in [-0.25, -0.2) is 0 Å². The minimum atomic E-state index is -4.63. The van der Waals surface area contributed by atoms with Gasteiger partial charge in [0.05, 0.1) is 0 Å². The molecule has 0 aliphatic heterocycles. The molecule has 0 aromatic heterocycles. The zero-order chi connectivity index (χ0) is 18.0. The molecule has 1 aromatic carbocycles. The Hall–Kier alpha value is -1.40. The molecular weight excluding hydrogens is 328 g/mol. The van der Waals surface area contributed by atoms with Crippen LogP contribution in [0.4, 0.5) is 0 Å². The van der Waals surface area contributed by atoms with Crippen LogP contribution in [0.5, 0.6) is 5.75 Å². The second kappa shape index (κ2) is 10.5. The Morgan fingerprint density at radius 1 is 0.958 bits per heavy atom. The second-order valence-electron chi connectivity index (χ2n) is 6.13. The smallest absolute Gasteiger partial charge is 0.298 e. The minimum Gasteiger partial charge on any atom is -0.506 e. The summed E-state index contributed by atoms with van der Waals surface area (Å²) in [5.74, 6) is -0.975. The number of ketones is 1. The van der Waals surface area contributed by atoms with Crippen molar-refractivity contribution in [1.29, 1.82) is 0 Å². The topological polar surface area (TPSA) is 91.7 Å². The highest BCUT2D eigenvalue weighted by molar-refractivity contribution is 7.86. The number of unbranched alkanes of at least 4 members (excludes halogenated alkanes) is 8. The predicted octanol–water partition coefficient (Wildman–Crippen LogP) is 4.74. The highest BCUT2D eigenvalue weighted by Crippen LogP contribution is 2.27. The van der Waals surface area contributed by atoms with Crippen molar-refractivity contribution in [1.82, 2.24) is 0 Å². The minimum absolute atomic E-state index is 0.142. The molecule has 0 heterocycles. The van der Waals surface area contributed by atoms with E-state index in [-0.39, 0.29) is 17.8 Å². The first-order valence-electron chi connectivity index (χ1n) is 8.70. The molecule has 2 N–H and O–H groups in total. The summed E-state index contributed by atoms with van der Waals surface area (Å²) in [6, 6.07) is 3.85. The van der Waals surface area contributed by atoms with Gasteiger partial charge in [0.25, 0.3) is 10.1 Å². The third-order valence-corrected chi connectivity index (χ3v) is 5.00. The molecule has 1 rings (SSSR count). The summed E-state index contributed by atoms with van der Waals surface area (Å²) in [6.07, 6.45) is 10.3. The van der Waals surface area contributed by atoms with Crippen molar-refractivity contribution in [2.45, 2.75) is 76.0 Å². The van der Waals surface area contributed by atoms with Crippen LogP contribution >= 0.6 is 0 Å². The van der Waals surface area contributed by atoms with Gasteiger partial charge < -0.3 is 5.11 Å². The molecule has 136 valence electrons. The Labute approximate surface area is 144 Å². The number of hydrogen-bond acceptors (Lipinski definition) is 4. The van der Waals surface area contributed by atoms with Gasteiger partial charge in [-0.2, -0.15) is 8.42 Å². The fraction of sp³-hybridized carbons (Fsp3) is 0.611. The Morgan fingerprint density at radius 3 is 2.04 bits per heavy atom. The highest BCUT2D eigenvalue weighted by atomic mass is 32.2. The fourth-order valence-corrected chi connectivity index (χ4v) is 3.54. The monoisotopic (exact) mass is 356 g/mol. The van der Waals surface area contributed by atoms with E-state index in [1.165, 1.54) is 44.2 Å². The molecule has 0 aliphatic carbocycles. The van der Waals surface area contributed by atoms with Crippen LogP contribution in [0.25, 0.3) is 0 Å². The summed E-state index contributed by atoms with van der Waals surface area (Å²) in [5.41, 5.74) is -0.142. The Balaban J connectivity index is 2.41. The first-order chi connectivity index (χ1) is 11.4. The van der Waals surface area contributed by atoms with Crippen LogP contribution in [-0.2, 0) is 10.1 Å². The number of rotatable bonds is 12. The van der Waals surface area contributed by atoms with Gasteiger partial charge >= 0.3 is 0 Å². The van der Waals surface area contributed by atoms with Crippen molar-refractivity contribution < 1.29 is 22.9 Å². The third kappa shape index (κ3) is 7.01. The molecule has 0 saturated heterocycles. The fourth-order valence-electron chi connectivity index (χ4n) is 2.75. The molecule has 1 aromatic rings. The molecule has 24 heavy (non-hydrogen) atoms.